The van der Waals surface area contributed by atoms with Crippen molar-refractivity contribution in [3.63, 3.8) is 0 Å². The van der Waals surface area contributed by atoms with Gasteiger partial charge in [-0.2, -0.15) is 0 Å². The third-order valence-electron chi connectivity index (χ3n) is 2.73. The number of rotatable bonds is 5. The zero-order chi connectivity index (χ0) is 11.4. The second-order valence-electron chi connectivity index (χ2n) is 5.69. The van der Waals surface area contributed by atoms with E-state index >= 15 is 0 Å². The maximum Gasteiger partial charge on any atom is 0.0622 e. The van der Waals surface area contributed by atoms with Gasteiger partial charge in [0.2, 0.25) is 0 Å². The monoisotopic (exact) mass is 264 g/mol. The molecule has 1 nitrogen and oxygen atoms in total. The van der Waals surface area contributed by atoms with Crippen molar-refractivity contribution in [1.82, 2.24) is 0 Å². The van der Waals surface area contributed by atoms with Crippen LogP contribution >= 0.6 is 15.9 Å². The number of hydrogen-bond donors (Lipinski definition) is 0. The maximum absolute atomic E-state index is 5.39. The highest BCUT2D eigenvalue weighted by Gasteiger charge is 2.23. The minimum atomic E-state index is 0.0323. The van der Waals surface area contributed by atoms with Crippen LogP contribution in [0.1, 0.15) is 53.9 Å². The zero-order valence-corrected chi connectivity index (χ0v) is 12.1. The lowest BCUT2D eigenvalue weighted by atomic mass is 9.88. The predicted molar refractivity (Wildman–Crippen MR) is 67.1 cm³/mol. The second kappa shape index (κ2) is 5.50. The molecular formula is C12H25BrO. The fourth-order valence-corrected chi connectivity index (χ4v) is 1.57. The summed E-state index contributed by atoms with van der Waals surface area (Å²) in [5.41, 5.74) is 0.391. The summed E-state index contributed by atoms with van der Waals surface area (Å²) in [4.78, 5) is 0.600. The fourth-order valence-electron chi connectivity index (χ4n) is 1.24. The molecule has 0 aromatic carbocycles. The highest BCUT2D eigenvalue weighted by atomic mass is 79.9. The van der Waals surface area contributed by atoms with Gasteiger partial charge in [0.1, 0.15) is 0 Å². The Morgan fingerprint density at radius 1 is 1.14 bits per heavy atom. The molecule has 0 heterocycles. The molecule has 0 aliphatic rings. The summed E-state index contributed by atoms with van der Waals surface area (Å²) in [6.07, 6.45) is 3.56. The molecule has 0 amide bonds. The molecule has 0 fully saturated rings. The molecule has 0 N–H and O–H groups in total. The van der Waals surface area contributed by atoms with Crippen molar-refractivity contribution in [2.24, 2.45) is 5.41 Å². The Kier molecular flexibility index (Phi) is 5.68. The van der Waals surface area contributed by atoms with E-state index in [2.05, 4.69) is 50.5 Å². The van der Waals surface area contributed by atoms with Crippen LogP contribution in [0.4, 0.5) is 0 Å². The van der Waals surface area contributed by atoms with Crippen LogP contribution < -0.4 is 0 Å². The molecule has 0 rings (SSSR count). The van der Waals surface area contributed by atoms with E-state index in [9.17, 15) is 0 Å². The third kappa shape index (κ3) is 6.02. The molecule has 0 saturated heterocycles. The summed E-state index contributed by atoms with van der Waals surface area (Å²) >= 11 is 3.75. The largest absolute Gasteiger partial charge is 0.379 e. The first-order valence-electron chi connectivity index (χ1n) is 5.38. The van der Waals surface area contributed by atoms with Crippen LogP contribution in [0, 0.1) is 5.41 Å². The summed E-state index contributed by atoms with van der Waals surface area (Å²) in [6, 6.07) is 0. The Balaban J connectivity index is 3.75. The molecule has 0 saturated carbocycles. The molecule has 0 aromatic heterocycles. The van der Waals surface area contributed by atoms with Crippen LogP contribution in [0.5, 0.6) is 0 Å². The van der Waals surface area contributed by atoms with Crippen molar-refractivity contribution in [2.45, 2.75) is 64.3 Å². The van der Waals surface area contributed by atoms with Crippen LogP contribution in [0.15, 0.2) is 0 Å². The van der Waals surface area contributed by atoms with Gasteiger partial charge in [-0.3, -0.25) is 0 Å². The Labute approximate surface area is 97.7 Å². The molecule has 0 radical (unpaired) electrons. The van der Waals surface area contributed by atoms with Gasteiger partial charge < -0.3 is 4.74 Å². The highest BCUT2D eigenvalue weighted by Crippen LogP contribution is 2.31. The lowest BCUT2D eigenvalue weighted by Gasteiger charge is -2.28. The Morgan fingerprint density at radius 2 is 1.64 bits per heavy atom. The van der Waals surface area contributed by atoms with Crippen molar-refractivity contribution < 1.29 is 4.74 Å². The average Bonchev–Trinajstić information content (AvgIpc) is 2.02. The van der Waals surface area contributed by atoms with E-state index in [0.717, 1.165) is 6.42 Å². The third-order valence-corrected chi connectivity index (χ3v) is 4.56. The minimum Gasteiger partial charge on any atom is -0.379 e. The number of hydrogen-bond acceptors (Lipinski definition) is 1. The molecule has 1 atom stereocenters. The highest BCUT2D eigenvalue weighted by molar-refractivity contribution is 9.09. The van der Waals surface area contributed by atoms with Gasteiger partial charge in [0.15, 0.2) is 0 Å². The lowest BCUT2D eigenvalue weighted by Crippen LogP contribution is -2.24. The summed E-state index contributed by atoms with van der Waals surface area (Å²) < 4.78 is 5.39. The molecule has 86 valence electrons. The first kappa shape index (κ1) is 14.4. The molecule has 0 aromatic rings. The van der Waals surface area contributed by atoms with Gasteiger partial charge in [-0.15, -0.1) is 0 Å². The van der Waals surface area contributed by atoms with Gasteiger partial charge in [0, 0.05) is 11.9 Å². The predicted octanol–water partition coefficient (Wildman–Crippen LogP) is 4.39. The molecule has 0 bridgehead atoms. The Morgan fingerprint density at radius 3 is 2.00 bits per heavy atom. The zero-order valence-electron chi connectivity index (χ0n) is 10.5. The van der Waals surface area contributed by atoms with E-state index in [4.69, 9.17) is 4.74 Å². The van der Waals surface area contributed by atoms with Crippen molar-refractivity contribution in [2.75, 3.05) is 7.11 Å². The Hall–Kier alpha value is 0.440. The average molecular weight is 265 g/mol. The van der Waals surface area contributed by atoms with Gasteiger partial charge in [-0.1, -0.05) is 36.7 Å². The summed E-state index contributed by atoms with van der Waals surface area (Å²) in [7, 11) is 1.79. The van der Waals surface area contributed by atoms with Crippen molar-refractivity contribution in [3.8, 4) is 0 Å². The van der Waals surface area contributed by atoms with Crippen LogP contribution in [0.2, 0.25) is 0 Å². The van der Waals surface area contributed by atoms with E-state index in [1.165, 1.54) is 12.8 Å². The van der Waals surface area contributed by atoms with Crippen LogP contribution in [0.25, 0.3) is 0 Å². The smallest absolute Gasteiger partial charge is 0.0622 e. The first-order chi connectivity index (χ1) is 6.19. The van der Waals surface area contributed by atoms with E-state index in [-0.39, 0.29) is 5.60 Å². The number of methoxy groups -OCH3 is 1. The first-order valence-corrected chi connectivity index (χ1v) is 6.30. The second-order valence-corrected chi connectivity index (χ2v) is 6.79. The number of halogens is 1. The van der Waals surface area contributed by atoms with E-state index in [1.54, 1.807) is 7.11 Å². The molecule has 0 spiro atoms. The van der Waals surface area contributed by atoms with E-state index in [0.29, 0.717) is 10.2 Å². The van der Waals surface area contributed by atoms with Gasteiger partial charge in [0.05, 0.1) is 5.60 Å². The van der Waals surface area contributed by atoms with E-state index in [1.807, 2.05) is 0 Å². The van der Waals surface area contributed by atoms with Crippen LogP contribution in [-0.2, 0) is 4.74 Å². The van der Waals surface area contributed by atoms with Crippen LogP contribution in [0.3, 0.4) is 0 Å². The molecule has 1 unspecified atom stereocenters. The normalized spacial score (nSPS) is 15.6. The SMILES string of the molecule is COC(C)(C)CCCC(Br)C(C)(C)C. The minimum absolute atomic E-state index is 0.0323. The summed E-state index contributed by atoms with van der Waals surface area (Å²) in [6.45, 7) is 11.1. The molecule has 0 aliphatic heterocycles. The number of ether oxygens (including phenoxy) is 1. The van der Waals surface area contributed by atoms with Crippen LogP contribution in [-0.4, -0.2) is 17.5 Å². The fraction of sp³-hybridized carbons (Fsp3) is 1.00. The van der Waals surface area contributed by atoms with Crippen molar-refractivity contribution in [1.29, 1.82) is 0 Å². The van der Waals surface area contributed by atoms with Gasteiger partial charge >= 0.3 is 0 Å². The molecular weight excluding hydrogens is 240 g/mol. The maximum atomic E-state index is 5.39. The molecule has 2 heteroatoms. The van der Waals surface area contributed by atoms with Crippen molar-refractivity contribution in [3.05, 3.63) is 0 Å². The summed E-state index contributed by atoms with van der Waals surface area (Å²) in [5, 5.41) is 0. The summed E-state index contributed by atoms with van der Waals surface area (Å²) in [5.74, 6) is 0. The molecule has 14 heavy (non-hydrogen) atoms. The number of alkyl halides is 1. The molecule has 0 aliphatic carbocycles. The van der Waals surface area contributed by atoms with Gasteiger partial charge in [-0.25, -0.2) is 0 Å². The van der Waals surface area contributed by atoms with Crippen molar-refractivity contribution >= 4 is 15.9 Å². The quantitative estimate of drug-likeness (QED) is 0.670. The topological polar surface area (TPSA) is 9.23 Å². The van der Waals surface area contributed by atoms with Gasteiger partial charge in [-0.05, 0) is 38.5 Å². The standard InChI is InChI=1S/C12H25BrO/c1-11(2,3)10(13)8-7-9-12(4,5)14-6/h10H,7-9H2,1-6H3. The van der Waals surface area contributed by atoms with E-state index < -0.39 is 0 Å². The lowest BCUT2D eigenvalue weighted by molar-refractivity contribution is 0.0131. The van der Waals surface area contributed by atoms with Gasteiger partial charge in [0.25, 0.3) is 0 Å². The Bertz CT molecular complexity index is 158.